The smallest absolute Gasteiger partial charge is 0.318 e. The average Bonchev–Trinajstić information content (AvgIpc) is 3.41. The predicted molar refractivity (Wildman–Crippen MR) is 171 cm³/mol. The fourth-order valence-corrected chi connectivity index (χ4v) is 9.82. The second-order valence-corrected chi connectivity index (χ2v) is 15.2. The van der Waals surface area contributed by atoms with Gasteiger partial charge in [-0.1, -0.05) is 25.3 Å². The second kappa shape index (κ2) is 13.1. The Morgan fingerprint density at radius 2 is 1.60 bits per heavy atom. The van der Waals surface area contributed by atoms with E-state index in [1.807, 2.05) is 28.0 Å². The molecule has 3 amide bonds. The number of amides is 3. The molecule has 8 heteroatoms. The Balaban J connectivity index is 1.19. The third-order valence-electron chi connectivity index (χ3n) is 10.6. The van der Waals surface area contributed by atoms with E-state index in [0.29, 0.717) is 31.0 Å². The summed E-state index contributed by atoms with van der Waals surface area (Å²) in [6.45, 7) is 3.36. The molecule has 0 atom stereocenters. The van der Waals surface area contributed by atoms with E-state index in [4.69, 9.17) is 9.47 Å². The Kier molecular flexibility index (Phi) is 9.22. The quantitative estimate of drug-likeness (QED) is 0.300. The highest BCUT2D eigenvalue weighted by molar-refractivity contribution is 7.11. The number of carbonyl (C=O) groups excluding carboxylic acids is 2. The van der Waals surface area contributed by atoms with Crippen LogP contribution in [0, 0.1) is 24.7 Å². The molecule has 5 aliphatic rings. The van der Waals surface area contributed by atoms with Crippen molar-refractivity contribution in [2.45, 2.75) is 102 Å². The summed E-state index contributed by atoms with van der Waals surface area (Å²) < 4.78 is 10.9. The number of urea groups is 1. The van der Waals surface area contributed by atoms with Crippen LogP contribution >= 0.6 is 11.3 Å². The first-order valence-corrected chi connectivity index (χ1v) is 17.3. The Bertz CT molecular complexity index is 1250. The Hall–Kier alpha value is -2.74. The molecule has 0 radical (unpaired) electrons. The minimum atomic E-state index is -0.0661. The second-order valence-electron chi connectivity index (χ2n) is 13.8. The Morgan fingerprint density at radius 3 is 2.21 bits per heavy atom. The number of aryl methyl sites for hydroxylation is 1. The first-order chi connectivity index (χ1) is 20.8. The summed E-state index contributed by atoms with van der Waals surface area (Å²) in [5, 5.41) is 3.59. The molecule has 0 saturated heterocycles. The van der Waals surface area contributed by atoms with Gasteiger partial charge in [-0.15, -0.1) is 11.3 Å². The number of nitrogens with one attached hydrogen (secondary N) is 1. The van der Waals surface area contributed by atoms with E-state index < -0.39 is 0 Å². The molecule has 5 aliphatic carbocycles. The minimum absolute atomic E-state index is 0.00555. The van der Waals surface area contributed by atoms with E-state index >= 15 is 0 Å². The molecule has 1 aromatic carbocycles. The number of ether oxygens (including phenoxy) is 2. The normalized spacial score (nSPS) is 26.3. The van der Waals surface area contributed by atoms with Crippen molar-refractivity contribution in [3.8, 4) is 11.5 Å². The molecular formula is C35H49N3O4S. The highest BCUT2D eigenvalue weighted by Gasteiger charge is 2.52. The summed E-state index contributed by atoms with van der Waals surface area (Å²) in [5.41, 5.74) is 1.02. The van der Waals surface area contributed by atoms with E-state index in [0.717, 1.165) is 68.3 Å². The van der Waals surface area contributed by atoms with E-state index in [-0.39, 0.29) is 30.1 Å². The van der Waals surface area contributed by atoms with Crippen LogP contribution < -0.4 is 14.8 Å². The van der Waals surface area contributed by atoms with Gasteiger partial charge in [0.15, 0.2) is 11.5 Å². The van der Waals surface area contributed by atoms with Crippen molar-refractivity contribution in [1.82, 2.24) is 15.1 Å². The SMILES string of the molecule is COc1ccc(CCN(Cc2ccc(C)s2)C(=O)CN(C(=O)NC23CC4CC(CC(C4)C2)C3)C2CCCCC2)cc1OC. The van der Waals surface area contributed by atoms with Crippen molar-refractivity contribution in [2.24, 2.45) is 17.8 Å². The zero-order valence-corrected chi connectivity index (χ0v) is 27.1. The summed E-state index contributed by atoms with van der Waals surface area (Å²) >= 11 is 1.73. The van der Waals surface area contributed by atoms with Crippen LogP contribution in [0.5, 0.6) is 11.5 Å². The lowest BCUT2D eigenvalue weighted by Crippen LogP contribution is -2.63. The molecule has 7 nitrogen and oxygen atoms in total. The van der Waals surface area contributed by atoms with Crippen molar-refractivity contribution >= 4 is 23.3 Å². The molecular weight excluding hydrogens is 558 g/mol. The molecule has 7 rings (SSSR count). The van der Waals surface area contributed by atoms with Crippen molar-refractivity contribution in [3.63, 3.8) is 0 Å². The molecule has 43 heavy (non-hydrogen) atoms. The standard InChI is InChI=1S/C35H49N3O4S/c1-24-9-11-30(43-24)22-37(14-13-25-10-12-31(41-2)32(18-25)42-3)33(39)23-38(29-7-5-4-6-8-29)34(40)36-35-19-26-15-27(20-35)17-28(16-26)21-35/h9-12,18,26-29H,4-8,13-17,19-23H2,1-3H3,(H,36,40). The molecule has 2 aromatic rings. The van der Waals surface area contributed by atoms with Crippen molar-refractivity contribution in [3.05, 3.63) is 45.6 Å². The molecule has 1 N–H and O–H groups in total. The third kappa shape index (κ3) is 7.00. The summed E-state index contributed by atoms with van der Waals surface area (Å²) in [6.07, 6.45) is 13.5. The Morgan fingerprint density at radius 1 is 0.930 bits per heavy atom. The van der Waals surface area contributed by atoms with Gasteiger partial charge in [0.1, 0.15) is 6.54 Å². The average molecular weight is 608 g/mol. The topological polar surface area (TPSA) is 71.1 Å². The van der Waals surface area contributed by atoms with Crippen LogP contribution in [0.25, 0.3) is 0 Å². The highest BCUT2D eigenvalue weighted by atomic mass is 32.1. The molecule has 0 aliphatic heterocycles. The molecule has 234 valence electrons. The van der Waals surface area contributed by atoms with E-state index in [1.165, 1.54) is 35.4 Å². The van der Waals surface area contributed by atoms with E-state index in [1.54, 1.807) is 25.6 Å². The molecule has 4 bridgehead atoms. The van der Waals surface area contributed by atoms with Crippen LogP contribution in [0.3, 0.4) is 0 Å². The molecule has 1 heterocycles. The van der Waals surface area contributed by atoms with Gasteiger partial charge in [0.2, 0.25) is 5.91 Å². The fraction of sp³-hybridized carbons (Fsp3) is 0.657. The van der Waals surface area contributed by atoms with E-state index in [9.17, 15) is 9.59 Å². The summed E-state index contributed by atoms with van der Waals surface area (Å²) in [4.78, 5) is 34.7. The van der Waals surface area contributed by atoms with Crippen LogP contribution in [-0.2, 0) is 17.8 Å². The van der Waals surface area contributed by atoms with Crippen LogP contribution in [0.1, 0.15) is 85.9 Å². The predicted octanol–water partition coefficient (Wildman–Crippen LogP) is 6.96. The first-order valence-electron chi connectivity index (χ1n) is 16.5. The number of methoxy groups -OCH3 is 2. The zero-order valence-electron chi connectivity index (χ0n) is 26.2. The summed E-state index contributed by atoms with van der Waals surface area (Å²) in [5.74, 6) is 3.70. The minimum Gasteiger partial charge on any atom is -0.493 e. The lowest BCUT2D eigenvalue weighted by molar-refractivity contribution is -0.133. The Labute approximate surface area is 261 Å². The van der Waals surface area contributed by atoms with E-state index in [2.05, 4.69) is 24.4 Å². The molecule has 0 unspecified atom stereocenters. The molecule has 5 saturated carbocycles. The molecule has 1 aromatic heterocycles. The highest BCUT2D eigenvalue weighted by Crippen LogP contribution is 2.55. The van der Waals surface area contributed by atoms with Crippen LogP contribution in [0.15, 0.2) is 30.3 Å². The molecule has 5 fully saturated rings. The van der Waals surface area contributed by atoms with Crippen molar-refractivity contribution in [1.29, 1.82) is 0 Å². The van der Waals surface area contributed by atoms with Crippen molar-refractivity contribution < 1.29 is 19.1 Å². The maximum Gasteiger partial charge on any atom is 0.318 e. The lowest BCUT2D eigenvalue weighted by Gasteiger charge is -2.57. The largest absolute Gasteiger partial charge is 0.493 e. The monoisotopic (exact) mass is 607 g/mol. The van der Waals surface area contributed by atoms with Crippen LogP contribution in [0.4, 0.5) is 4.79 Å². The lowest BCUT2D eigenvalue weighted by atomic mass is 9.53. The number of benzene rings is 1. The number of thiophene rings is 1. The maximum atomic E-state index is 14.2. The maximum absolute atomic E-state index is 14.2. The number of nitrogens with zero attached hydrogens (tertiary/aromatic N) is 2. The van der Waals surface area contributed by atoms with Crippen LogP contribution in [0.2, 0.25) is 0 Å². The molecule has 0 spiro atoms. The number of hydrogen-bond donors (Lipinski definition) is 1. The van der Waals surface area contributed by atoms with Gasteiger partial charge >= 0.3 is 6.03 Å². The van der Waals surface area contributed by atoms with Crippen molar-refractivity contribution in [2.75, 3.05) is 27.3 Å². The van der Waals surface area contributed by atoms with Gasteiger partial charge in [-0.25, -0.2) is 4.79 Å². The van der Waals surface area contributed by atoms with Gasteiger partial charge in [-0.3, -0.25) is 4.79 Å². The number of rotatable bonds is 11. The van der Waals surface area contributed by atoms with Crippen LogP contribution in [-0.4, -0.2) is 60.6 Å². The number of hydrogen-bond acceptors (Lipinski definition) is 5. The summed E-state index contributed by atoms with van der Waals surface area (Å²) in [6, 6.07) is 10.3. The van der Waals surface area contributed by atoms with Gasteiger partial charge < -0.3 is 24.6 Å². The zero-order chi connectivity index (χ0) is 30.0. The van der Waals surface area contributed by atoms with Gasteiger partial charge in [-0.05, 0) is 112 Å². The third-order valence-corrected chi connectivity index (χ3v) is 11.6. The fourth-order valence-electron chi connectivity index (χ4n) is 8.92. The van der Waals surface area contributed by atoms with Gasteiger partial charge in [-0.2, -0.15) is 0 Å². The first kappa shape index (κ1) is 30.3. The number of carbonyl (C=O) groups is 2. The van der Waals surface area contributed by atoms with Gasteiger partial charge in [0, 0.05) is 27.9 Å². The van der Waals surface area contributed by atoms with Gasteiger partial charge in [0.25, 0.3) is 0 Å². The summed E-state index contributed by atoms with van der Waals surface area (Å²) in [7, 11) is 3.28. The van der Waals surface area contributed by atoms with Gasteiger partial charge in [0.05, 0.1) is 20.8 Å².